The van der Waals surface area contributed by atoms with Gasteiger partial charge in [0.25, 0.3) is 0 Å². The molecule has 22 heavy (non-hydrogen) atoms. The summed E-state index contributed by atoms with van der Waals surface area (Å²) in [6, 6.07) is 6.04. The predicted octanol–water partition coefficient (Wildman–Crippen LogP) is 2.98. The zero-order valence-corrected chi connectivity index (χ0v) is 14.0. The number of aliphatic hydroxyl groups excluding tert-OH is 1. The number of rotatable bonds is 9. The molecule has 2 rings (SSSR count). The van der Waals surface area contributed by atoms with Crippen LogP contribution in [-0.2, 0) is 6.54 Å². The van der Waals surface area contributed by atoms with Gasteiger partial charge in [-0.2, -0.15) is 0 Å². The minimum atomic E-state index is 0.290. The van der Waals surface area contributed by atoms with E-state index in [1.807, 2.05) is 12.1 Å². The molecule has 1 aromatic carbocycles. The van der Waals surface area contributed by atoms with Gasteiger partial charge in [-0.15, -0.1) is 0 Å². The Labute approximate surface area is 133 Å². The standard InChI is InChI=1S/C18H29NO3/c1-14(7-10-20)18(8-4-9-18)13-19-12-15-5-6-16(21-2)17(11-15)22-3/h5-6,11,14,19-20H,4,7-10,12-13H2,1-3H3. The molecule has 1 fully saturated rings. The second-order valence-electron chi connectivity index (χ2n) is 6.42. The SMILES string of the molecule is COc1ccc(CNCC2(C(C)CCO)CCC2)cc1OC. The zero-order valence-electron chi connectivity index (χ0n) is 14.0. The number of nitrogens with one attached hydrogen (secondary N) is 1. The quantitative estimate of drug-likeness (QED) is 0.736. The van der Waals surface area contributed by atoms with Crippen molar-refractivity contribution < 1.29 is 14.6 Å². The molecule has 1 aliphatic carbocycles. The van der Waals surface area contributed by atoms with E-state index in [1.165, 1.54) is 24.8 Å². The molecule has 0 heterocycles. The highest BCUT2D eigenvalue weighted by Crippen LogP contribution is 2.47. The molecule has 2 N–H and O–H groups in total. The summed E-state index contributed by atoms with van der Waals surface area (Å²) in [6.45, 7) is 4.41. The van der Waals surface area contributed by atoms with Gasteiger partial charge >= 0.3 is 0 Å². The average Bonchev–Trinajstić information content (AvgIpc) is 2.49. The van der Waals surface area contributed by atoms with E-state index in [4.69, 9.17) is 9.47 Å². The van der Waals surface area contributed by atoms with Gasteiger partial charge in [0.05, 0.1) is 14.2 Å². The fourth-order valence-electron chi connectivity index (χ4n) is 3.42. The lowest BCUT2D eigenvalue weighted by molar-refractivity contribution is 0.0427. The summed E-state index contributed by atoms with van der Waals surface area (Å²) < 4.78 is 10.6. The van der Waals surface area contributed by atoms with Crippen LogP contribution in [0.15, 0.2) is 18.2 Å². The number of hydrogen-bond donors (Lipinski definition) is 2. The van der Waals surface area contributed by atoms with E-state index >= 15 is 0 Å². The molecule has 1 atom stereocenters. The highest BCUT2D eigenvalue weighted by molar-refractivity contribution is 5.42. The van der Waals surface area contributed by atoms with E-state index in [2.05, 4.69) is 18.3 Å². The minimum Gasteiger partial charge on any atom is -0.493 e. The van der Waals surface area contributed by atoms with Crippen molar-refractivity contribution in [2.45, 2.75) is 39.2 Å². The van der Waals surface area contributed by atoms with Crippen molar-refractivity contribution in [2.75, 3.05) is 27.4 Å². The van der Waals surface area contributed by atoms with Gasteiger partial charge in [0.1, 0.15) is 0 Å². The first-order valence-corrected chi connectivity index (χ1v) is 8.17. The Hall–Kier alpha value is -1.26. The molecule has 1 saturated carbocycles. The number of methoxy groups -OCH3 is 2. The molecule has 0 aliphatic heterocycles. The van der Waals surface area contributed by atoms with Crippen molar-refractivity contribution in [1.29, 1.82) is 0 Å². The van der Waals surface area contributed by atoms with E-state index in [-0.39, 0.29) is 0 Å². The molecule has 0 saturated heterocycles. The molecule has 0 amide bonds. The molecule has 1 aliphatic rings. The van der Waals surface area contributed by atoms with Crippen molar-refractivity contribution in [3.8, 4) is 11.5 Å². The van der Waals surface area contributed by atoms with Crippen molar-refractivity contribution in [2.24, 2.45) is 11.3 Å². The van der Waals surface area contributed by atoms with Gasteiger partial charge in [0.2, 0.25) is 0 Å². The smallest absolute Gasteiger partial charge is 0.161 e. The van der Waals surface area contributed by atoms with Crippen LogP contribution in [0.2, 0.25) is 0 Å². The van der Waals surface area contributed by atoms with Gasteiger partial charge in [-0.1, -0.05) is 19.4 Å². The lowest BCUT2D eigenvalue weighted by Gasteiger charge is -2.47. The Kier molecular flexibility index (Phi) is 6.09. The maximum Gasteiger partial charge on any atom is 0.161 e. The van der Waals surface area contributed by atoms with Crippen molar-refractivity contribution >= 4 is 0 Å². The summed E-state index contributed by atoms with van der Waals surface area (Å²) in [5, 5.41) is 12.8. The maximum atomic E-state index is 9.18. The van der Waals surface area contributed by atoms with Crippen LogP contribution in [0.3, 0.4) is 0 Å². The molecule has 0 spiro atoms. The normalized spacial score (nSPS) is 17.6. The lowest BCUT2D eigenvalue weighted by Crippen LogP contribution is -2.44. The third-order valence-electron chi connectivity index (χ3n) is 5.21. The lowest BCUT2D eigenvalue weighted by atomic mass is 9.60. The predicted molar refractivity (Wildman–Crippen MR) is 88.4 cm³/mol. The Morgan fingerprint density at radius 1 is 1.23 bits per heavy atom. The molecule has 4 nitrogen and oxygen atoms in total. The summed E-state index contributed by atoms with van der Waals surface area (Å²) >= 11 is 0. The maximum absolute atomic E-state index is 9.18. The third kappa shape index (κ3) is 3.73. The molecule has 124 valence electrons. The molecule has 0 radical (unpaired) electrons. The van der Waals surface area contributed by atoms with Crippen molar-refractivity contribution in [1.82, 2.24) is 5.32 Å². The molecule has 0 bridgehead atoms. The van der Waals surface area contributed by atoms with Gasteiger partial charge in [-0.3, -0.25) is 0 Å². The molecular formula is C18H29NO3. The van der Waals surface area contributed by atoms with E-state index in [9.17, 15) is 5.11 Å². The molecular weight excluding hydrogens is 278 g/mol. The third-order valence-corrected chi connectivity index (χ3v) is 5.21. The molecule has 4 heteroatoms. The summed E-state index contributed by atoms with van der Waals surface area (Å²) in [7, 11) is 3.31. The fourth-order valence-corrected chi connectivity index (χ4v) is 3.42. The summed E-state index contributed by atoms with van der Waals surface area (Å²) in [4.78, 5) is 0. The number of aliphatic hydroxyl groups is 1. The topological polar surface area (TPSA) is 50.7 Å². The van der Waals surface area contributed by atoms with Gasteiger partial charge in [-0.25, -0.2) is 0 Å². The van der Waals surface area contributed by atoms with E-state index < -0.39 is 0 Å². The van der Waals surface area contributed by atoms with Crippen LogP contribution in [0, 0.1) is 11.3 Å². The van der Waals surface area contributed by atoms with Gasteiger partial charge in [0.15, 0.2) is 11.5 Å². The number of hydrogen-bond acceptors (Lipinski definition) is 4. The first-order valence-electron chi connectivity index (χ1n) is 8.17. The van der Waals surface area contributed by atoms with Gasteiger partial charge in [-0.05, 0) is 48.3 Å². The molecule has 1 unspecified atom stereocenters. The average molecular weight is 307 g/mol. The number of benzene rings is 1. The van der Waals surface area contributed by atoms with Crippen LogP contribution in [0.25, 0.3) is 0 Å². The van der Waals surface area contributed by atoms with Crippen LogP contribution >= 0.6 is 0 Å². The first-order chi connectivity index (χ1) is 10.6. The Morgan fingerprint density at radius 3 is 2.50 bits per heavy atom. The Bertz CT molecular complexity index is 471. The van der Waals surface area contributed by atoms with E-state index in [0.29, 0.717) is 17.9 Å². The van der Waals surface area contributed by atoms with Crippen LogP contribution in [0.4, 0.5) is 0 Å². The summed E-state index contributed by atoms with van der Waals surface area (Å²) in [6.07, 6.45) is 4.76. The van der Waals surface area contributed by atoms with Crippen LogP contribution < -0.4 is 14.8 Å². The monoisotopic (exact) mass is 307 g/mol. The summed E-state index contributed by atoms with van der Waals surface area (Å²) in [5.74, 6) is 2.11. The van der Waals surface area contributed by atoms with Gasteiger partial charge in [0, 0.05) is 19.7 Å². The highest BCUT2D eigenvalue weighted by atomic mass is 16.5. The van der Waals surface area contributed by atoms with Gasteiger partial charge < -0.3 is 19.9 Å². The number of ether oxygens (including phenoxy) is 2. The zero-order chi connectivity index (χ0) is 16.0. The fraction of sp³-hybridized carbons (Fsp3) is 0.667. The van der Waals surface area contributed by atoms with Crippen molar-refractivity contribution in [3.63, 3.8) is 0 Å². The molecule has 1 aromatic rings. The van der Waals surface area contributed by atoms with E-state index in [0.717, 1.165) is 31.0 Å². The highest BCUT2D eigenvalue weighted by Gasteiger charge is 2.40. The van der Waals surface area contributed by atoms with Crippen LogP contribution in [0.5, 0.6) is 11.5 Å². The van der Waals surface area contributed by atoms with Crippen LogP contribution in [-0.4, -0.2) is 32.5 Å². The molecule has 0 aromatic heterocycles. The minimum absolute atomic E-state index is 0.290. The largest absolute Gasteiger partial charge is 0.493 e. The second kappa shape index (κ2) is 7.84. The first kappa shape index (κ1) is 17.1. The Morgan fingerprint density at radius 2 is 1.95 bits per heavy atom. The summed E-state index contributed by atoms with van der Waals surface area (Å²) in [5.41, 5.74) is 1.57. The Balaban J connectivity index is 1.90. The van der Waals surface area contributed by atoms with Crippen LogP contribution in [0.1, 0.15) is 38.2 Å². The van der Waals surface area contributed by atoms with E-state index in [1.54, 1.807) is 14.2 Å². The van der Waals surface area contributed by atoms with Crippen molar-refractivity contribution in [3.05, 3.63) is 23.8 Å². The second-order valence-corrected chi connectivity index (χ2v) is 6.42.